The van der Waals surface area contributed by atoms with Crippen molar-refractivity contribution in [3.05, 3.63) is 102 Å². The summed E-state index contributed by atoms with van der Waals surface area (Å²) in [5, 5.41) is 11.3. The zero-order valence-corrected chi connectivity index (χ0v) is 21.4. The van der Waals surface area contributed by atoms with Gasteiger partial charge in [-0.15, -0.1) is 5.10 Å². The quantitative estimate of drug-likeness (QED) is 0.275. The number of aromatic nitrogens is 5. The molecule has 3 heterocycles. The van der Waals surface area contributed by atoms with Gasteiger partial charge >= 0.3 is 0 Å². The van der Waals surface area contributed by atoms with E-state index < -0.39 is 0 Å². The number of nitrogens with one attached hydrogen (secondary N) is 1. The Kier molecular flexibility index (Phi) is 6.45. The molecular formula is C28H24N6O3S. The van der Waals surface area contributed by atoms with Gasteiger partial charge in [0.25, 0.3) is 5.91 Å². The van der Waals surface area contributed by atoms with E-state index in [0.29, 0.717) is 24.5 Å². The van der Waals surface area contributed by atoms with Gasteiger partial charge in [-0.1, -0.05) is 46.9 Å². The second kappa shape index (κ2) is 10.3. The van der Waals surface area contributed by atoms with E-state index in [9.17, 15) is 4.79 Å². The molecule has 1 N–H and O–H groups in total. The van der Waals surface area contributed by atoms with Gasteiger partial charge in [0.15, 0.2) is 4.96 Å². The van der Waals surface area contributed by atoms with E-state index in [4.69, 9.17) is 9.47 Å². The van der Waals surface area contributed by atoms with Crippen LogP contribution in [0.2, 0.25) is 0 Å². The molecule has 6 aromatic rings. The van der Waals surface area contributed by atoms with Gasteiger partial charge in [0.2, 0.25) is 0 Å². The van der Waals surface area contributed by atoms with Crippen LogP contribution < -0.4 is 14.8 Å². The number of amides is 1. The van der Waals surface area contributed by atoms with Gasteiger partial charge in [-0.2, -0.15) is 0 Å². The Morgan fingerprint density at radius 3 is 2.71 bits per heavy atom. The molecule has 0 aliphatic heterocycles. The van der Waals surface area contributed by atoms with E-state index in [1.54, 1.807) is 10.9 Å². The van der Waals surface area contributed by atoms with Gasteiger partial charge < -0.3 is 14.8 Å². The molecule has 0 atom stereocenters. The van der Waals surface area contributed by atoms with E-state index in [1.807, 2.05) is 90.3 Å². The number of imidazole rings is 1. The molecule has 3 aromatic heterocycles. The highest BCUT2D eigenvalue weighted by atomic mass is 32.1. The zero-order chi connectivity index (χ0) is 25.9. The fourth-order valence-electron chi connectivity index (χ4n) is 4.12. The summed E-state index contributed by atoms with van der Waals surface area (Å²) in [6.45, 7) is 3.35. The Bertz CT molecular complexity index is 1720. The number of para-hydroxylation sites is 1. The van der Waals surface area contributed by atoms with Crippen LogP contribution >= 0.6 is 11.3 Å². The summed E-state index contributed by atoms with van der Waals surface area (Å²) in [4.78, 5) is 18.0. The Balaban J connectivity index is 1.08. The van der Waals surface area contributed by atoms with Gasteiger partial charge in [-0.05, 0) is 55.0 Å². The molecule has 10 heteroatoms. The molecular weight excluding hydrogens is 500 g/mol. The first-order chi connectivity index (χ1) is 18.6. The summed E-state index contributed by atoms with van der Waals surface area (Å²) in [7, 11) is 0. The predicted octanol–water partition coefficient (Wildman–Crippen LogP) is 5.31. The van der Waals surface area contributed by atoms with Crippen molar-refractivity contribution >= 4 is 32.4 Å². The highest BCUT2D eigenvalue weighted by Crippen LogP contribution is 2.29. The molecule has 190 valence electrons. The van der Waals surface area contributed by atoms with Crippen molar-refractivity contribution in [2.24, 2.45) is 0 Å². The second-order valence-electron chi connectivity index (χ2n) is 8.60. The average molecular weight is 525 g/mol. The maximum Gasteiger partial charge on any atom is 0.271 e. The van der Waals surface area contributed by atoms with E-state index in [0.717, 1.165) is 38.0 Å². The fourth-order valence-corrected chi connectivity index (χ4v) is 5.16. The van der Waals surface area contributed by atoms with Crippen molar-refractivity contribution in [1.29, 1.82) is 0 Å². The minimum absolute atomic E-state index is 0.250. The molecule has 0 fully saturated rings. The molecule has 0 spiro atoms. The van der Waals surface area contributed by atoms with Gasteiger partial charge in [-0.3, -0.25) is 9.20 Å². The zero-order valence-electron chi connectivity index (χ0n) is 20.6. The molecule has 0 aliphatic carbocycles. The summed E-state index contributed by atoms with van der Waals surface area (Å²) < 4.78 is 16.2. The number of hydrogen-bond acceptors (Lipinski definition) is 7. The Morgan fingerprint density at radius 2 is 1.84 bits per heavy atom. The third-order valence-electron chi connectivity index (χ3n) is 5.85. The number of thiazole rings is 1. The van der Waals surface area contributed by atoms with E-state index in [1.165, 1.54) is 11.3 Å². The maximum atomic E-state index is 12.8. The van der Waals surface area contributed by atoms with Crippen LogP contribution in [-0.2, 0) is 13.1 Å². The van der Waals surface area contributed by atoms with Crippen LogP contribution in [0.1, 0.15) is 28.7 Å². The number of fused-ring (bicyclic) bond motifs is 3. The van der Waals surface area contributed by atoms with Crippen LogP contribution in [0.4, 0.5) is 0 Å². The molecule has 0 aliphatic rings. The summed E-state index contributed by atoms with van der Waals surface area (Å²) in [5.41, 5.74) is 3.03. The van der Waals surface area contributed by atoms with Crippen LogP contribution in [-0.4, -0.2) is 36.9 Å². The first-order valence-electron chi connectivity index (χ1n) is 12.2. The number of hydrogen-bond donors (Lipinski definition) is 1. The highest BCUT2D eigenvalue weighted by Gasteiger charge is 2.15. The SMILES string of the molecule is CCOc1ccc2c(c1)sc1nc(C(=O)NCc3cn(Cc4cccc(Oc5ccccc5)c4)nn3)cn12. The van der Waals surface area contributed by atoms with Crippen LogP contribution in [0.15, 0.2) is 85.2 Å². The minimum Gasteiger partial charge on any atom is -0.494 e. The molecule has 38 heavy (non-hydrogen) atoms. The lowest BCUT2D eigenvalue weighted by Gasteiger charge is -2.07. The van der Waals surface area contributed by atoms with Gasteiger partial charge in [-0.25, -0.2) is 9.67 Å². The third kappa shape index (κ3) is 5.07. The molecule has 3 aromatic carbocycles. The highest BCUT2D eigenvalue weighted by molar-refractivity contribution is 7.23. The number of benzene rings is 3. The number of carbonyl (C=O) groups excluding carboxylic acids is 1. The first-order valence-corrected chi connectivity index (χ1v) is 13.0. The Morgan fingerprint density at radius 1 is 0.974 bits per heavy atom. The van der Waals surface area contributed by atoms with Crippen LogP contribution in [0.5, 0.6) is 17.2 Å². The molecule has 0 bridgehead atoms. The molecule has 0 saturated heterocycles. The fraction of sp³-hybridized carbons (Fsp3) is 0.143. The molecule has 0 radical (unpaired) electrons. The number of ether oxygens (including phenoxy) is 2. The lowest BCUT2D eigenvalue weighted by atomic mass is 10.2. The molecule has 0 saturated carbocycles. The topological polar surface area (TPSA) is 95.6 Å². The summed E-state index contributed by atoms with van der Waals surface area (Å²) in [6.07, 6.45) is 3.57. The van der Waals surface area contributed by atoms with Gasteiger partial charge in [0.05, 0.1) is 36.1 Å². The minimum atomic E-state index is -0.264. The maximum absolute atomic E-state index is 12.8. The first kappa shape index (κ1) is 23.7. The summed E-state index contributed by atoms with van der Waals surface area (Å²) in [6, 6.07) is 23.4. The van der Waals surface area contributed by atoms with Crippen molar-refractivity contribution in [3.8, 4) is 17.2 Å². The largest absolute Gasteiger partial charge is 0.494 e. The van der Waals surface area contributed by atoms with Crippen LogP contribution in [0.25, 0.3) is 15.2 Å². The average Bonchev–Trinajstić information content (AvgIpc) is 3.63. The van der Waals surface area contributed by atoms with E-state index >= 15 is 0 Å². The number of rotatable bonds is 9. The third-order valence-corrected chi connectivity index (χ3v) is 6.86. The van der Waals surface area contributed by atoms with E-state index in [2.05, 4.69) is 20.6 Å². The molecule has 0 unspecified atom stereocenters. The van der Waals surface area contributed by atoms with Gasteiger partial charge in [0.1, 0.15) is 28.6 Å². The van der Waals surface area contributed by atoms with Crippen molar-refractivity contribution in [1.82, 2.24) is 29.7 Å². The lowest BCUT2D eigenvalue weighted by molar-refractivity contribution is 0.0946. The molecule has 9 nitrogen and oxygen atoms in total. The monoisotopic (exact) mass is 524 g/mol. The standard InChI is InChI=1S/C28H24N6O3S/c1-2-36-22-11-12-25-26(14-22)38-28-30-24(18-34(25)28)27(35)29-15-20-17-33(32-31-20)16-19-7-6-10-23(13-19)37-21-8-4-3-5-9-21/h3-14,17-18H,2,15-16H2,1H3,(H,29,35). The van der Waals surface area contributed by atoms with Crippen molar-refractivity contribution < 1.29 is 14.3 Å². The molecule has 1 amide bonds. The van der Waals surface area contributed by atoms with Crippen molar-refractivity contribution in [2.45, 2.75) is 20.0 Å². The van der Waals surface area contributed by atoms with Gasteiger partial charge in [0, 0.05) is 6.20 Å². The summed E-state index contributed by atoms with van der Waals surface area (Å²) >= 11 is 1.52. The molecule has 6 rings (SSSR count). The predicted molar refractivity (Wildman–Crippen MR) is 145 cm³/mol. The smallest absolute Gasteiger partial charge is 0.271 e. The number of carbonyl (C=O) groups is 1. The van der Waals surface area contributed by atoms with Crippen LogP contribution in [0, 0.1) is 0 Å². The van der Waals surface area contributed by atoms with Crippen molar-refractivity contribution in [3.63, 3.8) is 0 Å². The lowest BCUT2D eigenvalue weighted by Crippen LogP contribution is -2.23. The van der Waals surface area contributed by atoms with Crippen molar-refractivity contribution in [2.75, 3.05) is 6.61 Å². The van der Waals surface area contributed by atoms with Crippen LogP contribution in [0.3, 0.4) is 0 Å². The Hall–Kier alpha value is -4.70. The summed E-state index contributed by atoms with van der Waals surface area (Å²) in [5.74, 6) is 2.10. The second-order valence-corrected chi connectivity index (χ2v) is 9.61. The number of nitrogens with zero attached hydrogens (tertiary/aromatic N) is 5. The normalized spacial score (nSPS) is 11.2. The van der Waals surface area contributed by atoms with E-state index in [-0.39, 0.29) is 12.5 Å². The Labute approximate surface area is 222 Å².